The van der Waals surface area contributed by atoms with Crippen molar-refractivity contribution in [2.45, 2.75) is 30.8 Å². The molecule has 1 fully saturated rings. The van der Waals surface area contributed by atoms with Crippen molar-refractivity contribution < 1.29 is 9.59 Å². The van der Waals surface area contributed by atoms with Crippen LogP contribution in [0, 0.1) is 5.92 Å². The lowest BCUT2D eigenvalue weighted by molar-refractivity contribution is -0.117. The number of alkyl halides is 1. The van der Waals surface area contributed by atoms with E-state index in [1.165, 1.54) is 0 Å². The van der Waals surface area contributed by atoms with E-state index in [1.807, 2.05) is 0 Å². The Morgan fingerprint density at radius 2 is 1.74 bits per heavy atom. The van der Waals surface area contributed by atoms with Crippen molar-refractivity contribution in [1.29, 1.82) is 0 Å². The van der Waals surface area contributed by atoms with E-state index in [-0.39, 0.29) is 22.7 Å². The molecule has 0 saturated carbocycles. The van der Waals surface area contributed by atoms with Crippen LogP contribution in [0.15, 0.2) is 48.8 Å². The molecule has 3 atom stereocenters. The second-order valence-electron chi connectivity index (χ2n) is 6.74. The van der Waals surface area contributed by atoms with Gasteiger partial charge in [0.05, 0.1) is 4.83 Å². The lowest BCUT2D eigenvalue weighted by Crippen LogP contribution is -2.42. The summed E-state index contributed by atoms with van der Waals surface area (Å²) in [4.78, 5) is 28.7. The first-order valence-electron chi connectivity index (χ1n) is 8.73. The Morgan fingerprint density at radius 3 is 2.37 bits per heavy atom. The van der Waals surface area contributed by atoms with Gasteiger partial charge in [-0.25, -0.2) is 5.43 Å². The summed E-state index contributed by atoms with van der Waals surface area (Å²) in [6.07, 6.45) is 3.13. The third kappa shape index (κ3) is 4.71. The van der Waals surface area contributed by atoms with E-state index in [4.69, 9.17) is 0 Å². The van der Waals surface area contributed by atoms with Gasteiger partial charge >= 0.3 is 0 Å². The molecular weight excluding hydrogens is 410 g/mol. The minimum atomic E-state index is -0.396. The number of hydrogen-bond donors (Lipinski definition) is 4. The number of rotatable bonds is 5. The minimum absolute atomic E-state index is 0.0212. The lowest BCUT2D eigenvalue weighted by atomic mass is 9.99. The molecule has 0 aliphatic carbocycles. The maximum absolute atomic E-state index is 12.6. The van der Waals surface area contributed by atoms with Crippen molar-refractivity contribution in [3.05, 3.63) is 54.4 Å². The van der Waals surface area contributed by atoms with Crippen LogP contribution in [0.3, 0.4) is 0 Å². The predicted octanol–water partition coefficient (Wildman–Crippen LogP) is 2.54. The molecule has 0 radical (unpaired) electrons. The first-order valence-corrected chi connectivity index (χ1v) is 9.64. The SMILES string of the molecule is CC(C)C1NNC(C(=O)Nc2cccc(NC(=O)c3ccncc3)c2)C1Br. The highest BCUT2D eigenvalue weighted by Gasteiger charge is 2.39. The number of nitrogens with zero attached hydrogens (tertiary/aromatic N) is 1. The molecule has 3 unspecified atom stereocenters. The van der Waals surface area contributed by atoms with Gasteiger partial charge in [0.25, 0.3) is 5.91 Å². The number of nitrogens with one attached hydrogen (secondary N) is 4. The van der Waals surface area contributed by atoms with Gasteiger partial charge in [-0.3, -0.25) is 20.0 Å². The molecule has 142 valence electrons. The van der Waals surface area contributed by atoms with Gasteiger partial charge in [0.1, 0.15) is 6.04 Å². The van der Waals surface area contributed by atoms with Crippen molar-refractivity contribution in [2.75, 3.05) is 10.6 Å². The average molecular weight is 432 g/mol. The summed E-state index contributed by atoms with van der Waals surface area (Å²) in [7, 11) is 0. The summed E-state index contributed by atoms with van der Waals surface area (Å²) in [6, 6.07) is 10.1. The van der Waals surface area contributed by atoms with Gasteiger partial charge in [-0.1, -0.05) is 35.8 Å². The highest BCUT2D eigenvalue weighted by molar-refractivity contribution is 9.09. The fraction of sp³-hybridized carbons (Fsp3) is 0.316. The molecule has 8 heteroatoms. The summed E-state index contributed by atoms with van der Waals surface area (Å²) in [5.74, 6) is -0.000583. The molecular formula is C19H22BrN5O2. The average Bonchev–Trinajstić information content (AvgIpc) is 3.04. The van der Waals surface area contributed by atoms with E-state index >= 15 is 0 Å². The maximum Gasteiger partial charge on any atom is 0.255 e. The molecule has 2 amide bonds. The van der Waals surface area contributed by atoms with Crippen molar-refractivity contribution in [1.82, 2.24) is 15.8 Å². The normalized spacial score (nSPS) is 21.9. The van der Waals surface area contributed by atoms with Gasteiger partial charge < -0.3 is 10.6 Å². The number of hydrogen-bond acceptors (Lipinski definition) is 5. The fourth-order valence-corrected chi connectivity index (χ4v) is 4.01. The summed E-state index contributed by atoms with van der Waals surface area (Å²) in [5, 5.41) is 5.71. The Labute approximate surface area is 166 Å². The largest absolute Gasteiger partial charge is 0.325 e. The van der Waals surface area contributed by atoms with Gasteiger partial charge in [0, 0.05) is 35.4 Å². The zero-order valence-electron chi connectivity index (χ0n) is 15.1. The van der Waals surface area contributed by atoms with E-state index in [1.54, 1.807) is 48.8 Å². The monoisotopic (exact) mass is 431 g/mol. The minimum Gasteiger partial charge on any atom is -0.325 e. The zero-order valence-corrected chi connectivity index (χ0v) is 16.7. The standard InChI is InChI=1S/C19H22BrN5O2/c1-11(2)16-15(20)17(25-24-16)19(27)23-14-5-3-4-13(10-14)22-18(26)12-6-8-21-9-7-12/h3-11,15-17,24-25H,1-2H3,(H,22,26)(H,23,27). The Kier molecular flexibility index (Phi) is 6.20. The van der Waals surface area contributed by atoms with Crippen LogP contribution in [0.25, 0.3) is 0 Å². The summed E-state index contributed by atoms with van der Waals surface area (Å²) >= 11 is 3.61. The lowest BCUT2D eigenvalue weighted by Gasteiger charge is -2.19. The Balaban J connectivity index is 1.64. The van der Waals surface area contributed by atoms with Crippen LogP contribution in [0.2, 0.25) is 0 Å². The van der Waals surface area contributed by atoms with Crippen LogP contribution >= 0.6 is 15.9 Å². The number of benzene rings is 1. The predicted molar refractivity (Wildman–Crippen MR) is 109 cm³/mol. The van der Waals surface area contributed by atoms with Gasteiger partial charge in [0.2, 0.25) is 5.91 Å². The zero-order chi connectivity index (χ0) is 19.4. The van der Waals surface area contributed by atoms with E-state index in [0.29, 0.717) is 22.9 Å². The Morgan fingerprint density at radius 1 is 1.07 bits per heavy atom. The van der Waals surface area contributed by atoms with Crippen molar-refractivity contribution in [3.8, 4) is 0 Å². The molecule has 7 nitrogen and oxygen atoms in total. The number of halogens is 1. The third-order valence-corrected chi connectivity index (χ3v) is 5.50. The van der Waals surface area contributed by atoms with Crippen LogP contribution in [0.1, 0.15) is 24.2 Å². The highest BCUT2D eigenvalue weighted by atomic mass is 79.9. The Bertz CT molecular complexity index is 815. The Hall–Kier alpha value is -2.29. The second-order valence-corrected chi connectivity index (χ2v) is 7.80. The van der Waals surface area contributed by atoms with E-state index in [0.717, 1.165) is 0 Å². The van der Waals surface area contributed by atoms with Crippen molar-refractivity contribution >= 4 is 39.1 Å². The summed E-state index contributed by atoms with van der Waals surface area (Å²) < 4.78 is 0. The topological polar surface area (TPSA) is 95.1 Å². The number of hydrazine groups is 1. The van der Waals surface area contributed by atoms with Gasteiger partial charge in [-0.05, 0) is 36.2 Å². The summed E-state index contributed by atoms with van der Waals surface area (Å²) in [6.45, 7) is 4.20. The number of carbonyl (C=O) groups is 2. The molecule has 1 aromatic heterocycles. The first-order chi connectivity index (χ1) is 13.0. The van der Waals surface area contributed by atoms with Gasteiger partial charge in [-0.15, -0.1) is 0 Å². The van der Waals surface area contributed by atoms with Crippen LogP contribution in [0.4, 0.5) is 11.4 Å². The molecule has 1 saturated heterocycles. The molecule has 0 bridgehead atoms. The van der Waals surface area contributed by atoms with Crippen molar-refractivity contribution in [2.24, 2.45) is 5.92 Å². The molecule has 2 heterocycles. The number of pyridine rings is 1. The highest BCUT2D eigenvalue weighted by Crippen LogP contribution is 2.23. The van der Waals surface area contributed by atoms with Crippen LogP contribution in [0.5, 0.6) is 0 Å². The maximum atomic E-state index is 12.6. The quantitative estimate of drug-likeness (QED) is 0.545. The van der Waals surface area contributed by atoms with Crippen molar-refractivity contribution in [3.63, 3.8) is 0 Å². The van der Waals surface area contributed by atoms with Crippen LogP contribution < -0.4 is 21.5 Å². The smallest absolute Gasteiger partial charge is 0.255 e. The molecule has 4 N–H and O–H groups in total. The molecule has 1 aliphatic rings. The molecule has 27 heavy (non-hydrogen) atoms. The van der Waals surface area contributed by atoms with E-state index in [2.05, 4.69) is 56.2 Å². The molecule has 0 spiro atoms. The van der Waals surface area contributed by atoms with E-state index < -0.39 is 6.04 Å². The number of aromatic nitrogens is 1. The van der Waals surface area contributed by atoms with Crippen LogP contribution in [-0.2, 0) is 4.79 Å². The first kappa shape index (κ1) is 19.5. The van der Waals surface area contributed by atoms with Gasteiger partial charge in [-0.2, -0.15) is 0 Å². The second kappa shape index (κ2) is 8.60. The summed E-state index contributed by atoms with van der Waals surface area (Å²) in [5.41, 5.74) is 7.93. The molecule has 3 rings (SSSR count). The third-order valence-electron chi connectivity index (χ3n) is 4.40. The molecule has 1 aromatic carbocycles. The number of anilines is 2. The molecule has 1 aliphatic heterocycles. The number of carbonyl (C=O) groups excluding carboxylic acids is 2. The number of amides is 2. The van der Waals surface area contributed by atoms with Crippen LogP contribution in [-0.4, -0.2) is 33.7 Å². The fourth-order valence-electron chi connectivity index (χ4n) is 2.90. The molecule has 2 aromatic rings. The van der Waals surface area contributed by atoms with E-state index in [9.17, 15) is 9.59 Å². The van der Waals surface area contributed by atoms with Gasteiger partial charge in [0.15, 0.2) is 0 Å².